The minimum atomic E-state index is -0.446. The lowest BCUT2D eigenvalue weighted by molar-refractivity contribution is -0.113. The predicted molar refractivity (Wildman–Crippen MR) is 130 cm³/mol. The molecule has 0 aliphatic rings. The van der Waals surface area contributed by atoms with Crippen LogP contribution in [0.5, 0.6) is 5.75 Å². The van der Waals surface area contributed by atoms with Crippen LogP contribution in [-0.2, 0) is 11.3 Å². The smallest absolute Gasteiger partial charge is 0.253 e. The number of hydrogen-bond acceptors (Lipinski definition) is 6. The lowest BCUT2D eigenvalue weighted by Crippen LogP contribution is -2.29. The number of carbonyl (C=O) groups excluding carboxylic acids is 2. The van der Waals surface area contributed by atoms with Gasteiger partial charge in [-0.1, -0.05) is 53.7 Å². The summed E-state index contributed by atoms with van der Waals surface area (Å²) in [5, 5.41) is 15.1. The molecule has 0 radical (unpaired) electrons. The van der Waals surface area contributed by atoms with E-state index in [1.807, 2.05) is 16.7 Å². The van der Waals surface area contributed by atoms with Gasteiger partial charge in [0.1, 0.15) is 5.75 Å². The number of nitrogens with one attached hydrogen (secondary N) is 2. The van der Waals surface area contributed by atoms with Crippen LogP contribution in [0.4, 0.5) is 5.69 Å². The Kier molecular flexibility index (Phi) is 8.51. The summed E-state index contributed by atoms with van der Waals surface area (Å²) < 4.78 is 7.07. The number of benzene rings is 2. The van der Waals surface area contributed by atoms with Gasteiger partial charge in [0.25, 0.3) is 5.91 Å². The number of hydrogen-bond donors (Lipinski definition) is 2. The summed E-state index contributed by atoms with van der Waals surface area (Å²) >= 11 is 7.36. The topological polar surface area (TPSA) is 98.1 Å². The Balaban J connectivity index is 1.68. The van der Waals surface area contributed by atoms with Crippen molar-refractivity contribution in [3.63, 3.8) is 0 Å². The molecule has 0 unspecified atom stereocenters. The maximum atomic E-state index is 12.6. The zero-order valence-electron chi connectivity index (χ0n) is 18.2. The van der Waals surface area contributed by atoms with Gasteiger partial charge in [-0.05, 0) is 31.2 Å². The van der Waals surface area contributed by atoms with E-state index in [0.717, 1.165) is 0 Å². The molecule has 0 spiro atoms. The summed E-state index contributed by atoms with van der Waals surface area (Å²) in [5.41, 5.74) is 0.971. The lowest BCUT2D eigenvalue weighted by atomic mass is 10.2. The van der Waals surface area contributed by atoms with Gasteiger partial charge < -0.3 is 19.9 Å². The molecule has 1 aromatic heterocycles. The number of halogens is 1. The number of anilines is 1. The molecule has 2 N–H and O–H groups in total. The highest BCUT2D eigenvalue weighted by Gasteiger charge is 2.21. The van der Waals surface area contributed by atoms with Crippen LogP contribution in [0.25, 0.3) is 0 Å². The molecular formula is C23H24ClN5O3S. The Hall–Kier alpha value is -3.30. The van der Waals surface area contributed by atoms with Gasteiger partial charge in [-0.15, -0.1) is 16.8 Å². The van der Waals surface area contributed by atoms with Gasteiger partial charge in [-0.25, -0.2) is 0 Å². The molecule has 0 aliphatic heterocycles. The molecule has 0 bridgehead atoms. The maximum Gasteiger partial charge on any atom is 0.253 e. The number of ether oxygens (including phenoxy) is 1. The van der Waals surface area contributed by atoms with E-state index in [0.29, 0.717) is 39.5 Å². The molecule has 8 nitrogen and oxygen atoms in total. The van der Waals surface area contributed by atoms with Crippen molar-refractivity contribution >= 4 is 40.9 Å². The van der Waals surface area contributed by atoms with Crippen LogP contribution in [-0.4, -0.2) is 39.4 Å². The number of rotatable bonds is 10. The summed E-state index contributed by atoms with van der Waals surface area (Å²) in [5.74, 6) is 0.720. The first kappa shape index (κ1) is 24.3. The van der Waals surface area contributed by atoms with Crippen molar-refractivity contribution < 1.29 is 14.3 Å². The van der Waals surface area contributed by atoms with Crippen molar-refractivity contribution in [1.82, 2.24) is 20.1 Å². The van der Waals surface area contributed by atoms with E-state index < -0.39 is 6.04 Å². The van der Waals surface area contributed by atoms with Crippen molar-refractivity contribution in [2.45, 2.75) is 24.7 Å². The average molecular weight is 486 g/mol. The minimum absolute atomic E-state index is 0.119. The first-order valence-corrected chi connectivity index (χ1v) is 11.5. The molecule has 2 aromatic carbocycles. The number of nitrogens with zero attached hydrogens (tertiary/aromatic N) is 3. The number of allylic oxidation sites excluding steroid dienone is 1. The van der Waals surface area contributed by atoms with Gasteiger partial charge in [-0.2, -0.15) is 0 Å². The second kappa shape index (κ2) is 11.5. The van der Waals surface area contributed by atoms with E-state index >= 15 is 0 Å². The quantitative estimate of drug-likeness (QED) is 0.327. The normalized spacial score (nSPS) is 11.5. The number of amides is 2. The molecule has 0 aliphatic carbocycles. The molecule has 3 rings (SSSR count). The van der Waals surface area contributed by atoms with Gasteiger partial charge in [-0.3, -0.25) is 9.59 Å². The fraction of sp³-hybridized carbons (Fsp3) is 0.217. The zero-order valence-corrected chi connectivity index (χ0v) is 19.8. The Bertz CT molecular complexity index is 1150. The Morgan fingerprint density at radius 1 is 1.21 bits per heavy atom. The van der Waals surface area contributed by atoms with Crippen molar-refractivity contribution in [1.29, 1.82) is 0 Å². The Morgan fingerprint density at radius 2 is 1.94 bits per heavy atom. The van der Waals surface area contributed by atoms with Gasteiger partial charge >= 0.3 is 0 Å². The zero-order chi connectivity index (χ0) is 23.8. The van der Waals surface area contributed by atoms with E-state index in [-0.39, 0.29) is 17.6 Å². The van der Waals surface area contributed by atoms with Crippen LogP contribution >= 0.6 is 23.4 Å². The molecule has 0 saturated carbocycles. The van der Waals surface area contributed by atoms with E-state index in [1.54, 1.807) is 56.5 Å². The molecule has 1 atom stereocenters. The molecule has 0 fully saturated rings. The summed E-state index contributed by atoms with van der Waals surface area (Å²) in [6.45, 7) is 6.01. The standard InChI is InChI=1S/C23H24ClN5O3S/c1-4-13-29-21(15(2)25-22(31)16-9-5-6-10-17(16)24)27-28-23(29)33-14-20(30)26-18-11-7-8-12-19(18)32-3/h4-12,15H,1,13-14H2,2-3H3,(H,25,31)(H,26,30)/t15-/m1/s1. The second-order valence-electron chi connectivity index (χ2n) is 6.95. The van der Waals surface area contributed by atoms with Crippen molar-refractivity contribution in [3.05, 3.63) is 77.6 Å². The van der Waals surface area contributed by atoms with E-state index in [1.165, 1.54) is 11.8 Å². The maximum absolute atomic E-state index is 12.6. The molecule has 0 saturated heterocycles. The van der Waals surface area contributed by atoms with Gasteiger partial charge in [0.2, 0.25) is 5.91 Å². The molecule has 1 heterocycles. The number of carbonyl (C=O) groups is 2. The van der Waals surface area contributed by atoms with Gasteiger partial charge in [0.15, 0.2) is 11.0 Å². The van der Waals surface area contributed by atoms with Crippen molar-refractivity contribution in [3.8, 4) is 5.75 Å². The monoisotopic (exact) mass is 485 g/mol. The van der Waals surface area contributed by atoms with Crippen LogP contribution in [0.1, 0.15) is 29.1 Å². The largest absolute Gasteiger partial charge is 0.495 e. The van der Waals surface area contributed by atoms with Crippen LogP contribution in [0, 0.1) is 0 Å². The Morgan fingerprint density at radius 3 is 2.67 bits per heavy atom. The third-order valence-electron chi connectivity index (χ3n) is 4.62. The van der Waals surface area contributed by atoms with Crippen LogP contribution in [0.3, 0.4) is 0 Å². The average Bonchev–Trinajstić information content (AvgIpc) is 3.21. The summed E-state index contributed by atoms with van der Waals surface area (Å²) in [6.07, 6.45) is 1.70. The minimum Gasteiger partial charge on any atom is -0.495 e. The highest BCUT2D eigenvalue weighted by atomic mass is 35.5. The number of aromatic nitrogens is 3. The second-order valence-corrected chi connectivity index (χ2v) is 8.30. The fourth-order valence-corrected chi connectivity index (χ4v) is 4.05. The van der Waals surface area contributed by atoms with Crippen molar-refractivity contribution in [2.24, 2.45) is 0 Å². The summed E-state index contributed by atoms with van der Waals surface area (Å²) in [7, 11) is 1.55. The molecule has 172 valence electrons. The molecular weight excluding hydrogens is 462 g/mol. The van der Waals surface area contributed by atoms with Crippen molar-refractivity contribution in [2.75, 3.05) is 18.2 Å². The number of methoxy groups -OCH3 is 1. The van der Waals surface area contributed by atoms with Crippen LogP contribution in [0.15, 0.2) is 66.3 Å². The predicted octanol–water partition coefficient (Wildman–Crippen LogP) is 4.35. The van der Waals surface area contributed by atoms with E-state index in [2.05, 4.69) is 27.4 Å². The third-order valence-corrected chi connectivity index (χ3v) is 5.92. The third kappa shape index (κ3) is 6.15. The molecule has 10 heteroatoms. The van der Waals surface area contributed by atoms with Crippen LogP contribution < -0.4 is 15.4 Å². The van der Waals surface area contributed by atoms with Gasteiger partial charge in [0.05, 0.1) is 35.2 Å². The number of para-hydroxylation sites is 2. The first-order chi connectivity index (χ1) is 15.9. The molecule has 3 aromatic rings. The van der Waals surface area contributed by atoms with Gasteiger partial charge in [0, 0.05) is 6.54 Å². The molecule has 2 amide bonds. The SMILES string of the molecule is C=CCn1c(SCC(=O)Nc2ccccc2OC)nnc1[C@@H](C)NC(=O)c1ccccc1Cl. The van der Waals surface area contributed by atoms with E-state index in [4.69, 9.17) is 16.3 Å². The number of thioether (sulfide) groups is 1. The first-order valence-electron chi connectivity index (χ1n) is 10.1. The Labute approximate surface area is 201 Å². The summed E-state index contributed by atoms with van der Waals surface area (Å²) in [6, 6.07) is 13.6. The highest BCUT2D eigenvalue weighted by molar-refractivity contribution is 7.99. The highest BCUT2D eigenvalue weighted by Crippen LogP contribution is 2.25. The summed E-state index contributed by atoms with van der Waals surface area (Å²) in [4.78, 5) is 25.1. The lowest BCUT2D eigenvalue weighted by Gasteiger charge is -2.15. The molecule has 33 heavy (non-hydrogen) atoms. The fourth-order valence-electron chi connectivity index (χ4n) is 3.08. The van der Waals surface area contributed by atoms with E-state index in [9.17, 15) is 9.59 Å². The van der Waals surface area contributed by atoms with Crippen LogP contribution in [0.2, 0.25) is 5.02 Å².